The van der Waals surface area contributed by atoms with Crippen LogP contribution in [0.25, 0.3) is 0 Å². The van der Waals surface area contributed by atoms with Gasteiger partial charge in [-0.05, 0) is 5.56 Å². The number of nitrogens with zero attached hydrogens (tertiary/aromatic N) is 1. The number of rotatable bonds is 2. The van der Waals surface area contributed by atoms with Crippen LogP contribution >= 0.6 is 11.8 Å². The molecule has 1 amide bonds. The molecule has 88 valence electrons. The van der Waals surface area contributed by atoms with Crippen molar-refractivity contribution in [3.8, 4) is 0 Å². The summed E-state index contributed by atoms with van der Waals surface area (Å²) in [7, 11) is 1.84. The molecule has 0 saturated heterocycles. The molecule has 0 aromatic heterocycles. The number of carbonyl (C=O) groups is 1. The highest BCUT2D eigenvalue weighted by atomic mass is 32.2. The van der Waals surface area contributed by atoms with Crippen LogP contribution in [0.3, 0.4) is 0 Å². The van der Waals surface area contributed by atoms with E-state index in [9.17, 15) is 4.79 Å². The van der Waals surface area contributed by atoms with Crippen LogP contribution in [0.4, 0.5) is 4.79 Å². The second-order valence-corrected chi connectivity index (χ2v) is 6.60. The van der Waals surface area contributed by atoms with Crippen LogP contribution in [0.15, 0.2) is 30.3 Å². The third-order valence-corrected chi connectivity index (χ3v) is 3.07. The van der Waals surface area contributed by atoms with Gasteiger partial charge in [0.2, 0.25) is 0 Å². The Kier molecular flexibility index (Phi) is 4.42. The normalized spacial score (nSPS) is 11.2. The Bertz CT molecular complexity index is 343. The summed E-state index contributed by atoms with van der Waals surface area (Å²) < 4.78 is -0.0258. The Balaban J connectivity index is 2.53. The summed E-state index contributed by atoms with van der Waals surface area (Å²) in [6.45, 7) is 6.81. The van der Waals surface area contributed by atoms with E-state index >= 15 is 0 Å². The number of hydrogen-bond donors (Lipinski definition) is 0. The molecular formula is C13H19NOS. The van der Waals surface area contributed by atoms with Crippen LogP contribution in [-0.2, 0) is 6.54 Å². The summed E-state index contributed by atoms with van der Waals surface area (Å²) in [5.74, 6) is 0. The van der Waals surface area contributed by atoms with Gasteiger partial charge < -0.3 is 4.90 Å². The van der Waals surface area contributed by atoms with Gasteiger partial charge in [-0.3, -0.25) is 4.79 Å². The first-order valence-electron chi connectivity index (χ1n) is 5.36. The van der Waals surface area contributed by atoms with E-state index in [1.807, 2.05) is 58.2 Å². The van der Waals surface area contributed by atoms with Crippen LogP contribution in [0.1, 0.15) is 26.3 Å². The molecule has 0 saturated carbocycles. The fourth-order valence-corrected chi connectivity index (χ4v) is 2.01. The predicted molar refractivity (Wildman–Crippen MR) is 70.6 cm³/mol. The predicted octanol–water partition coefficient (Wildman–Crippen LogP) is 3.77. The third kappa shape index (κ3) is 4.71. The highest BCUT2D eigenvalue weighted by Gasteiger charge is 2.19. The smallest absolute Gasteiger partial charge is 0.282 e. The number of hydrogen-bond acceptors (Lipinski definition) is 2. The van der Waals surface area contributed by atoms with E-state index in [-0.39, 0.29) is 9.99 Å². The van der Waals surface area contributed by atoms with E-state index in [1.165, 1.54) is 11.8 Å². The topological polar surface area (TPSA) is 20.3 Å². The fourth-order valence-electron chi connectivity index (χ4n) is 1.26. The molecule has 0 aliphatic carbocycles. The average molecular weight is 237 g/mol. The van der Waals surface area contributed by atoms with E-state index < -0.39 is 0 Å². The maximum absolute atomic E-state index is 11.9. The highest BCUT2D eigenvalue weighted by molar-refractivity contribution is 8.14. The summed E-state index contributed by atoms with van der Waals surface area (Å²) >= 11 is 1.37. The van der Waals surface area contributed by atoms with Crippen molar-refractivity contribution in [1.82, 2.24) is 4.90 Å². The van der Waals surface area contributed by atoms with E-state index in [0.29, 0.717) is 6.54 Å². The van der Waals surface area contributed by atoms with E-state index in [1.54, 1.807) is 4.90 Å². The minimum atomic E-state index is -0.0258. The molecule has 0 atom stereocenters. The van der Waals surface area contributed by atoms with Crippen LogP contribution in [0.2, 0.25) is 0 Å². The lowest BCUT2D eigenvalue weighted by Gasteiger charge is -2.22. The number of amides is 1. The zero-order valence-corrected chi connectivity index (χ0v) is 11.2. The van der Waals surface area contributed by atoms with Crippen LogP contribution in [-0.4, -0.2) is 21.9 Å². The summed E-state index contributed by atoms with van der Waals surface area (Å²) in [6.07, 6.45) is 0. The van der Waals surface area contributed by atoms with Crippen LogP contribution in [0, 0.1) is 0 Å². The molecule has 0 radical (unpaired) electrons. The summed E-state index contributed by atoms with van der Waals surface area (Å²) in [5, 5.41) is 0.122. The maximum atomic E-state index is 11.9. The van der Waals surface area contributed by atoms with Gasteiger partial charge in [0.25, 0.3) is 5.24 Å². The van der Waals surface area contributed by atoms with Crippen molar-refractivity contribution < 1.29 is 4.79 Å². The van der Waals surface area contributed by atoms with E-state index in [4.69, 9.17) is 0 Å². The largest absolute Gasteiger partial charge is 0.332 e. The molecule has 0 unspecified atom stereocenters. The Morgan fingerprint density at radius 3 is 2.31 bits per heavy atom. The van der Waals surface area contributed by atoms with Crippen molar-refractivity contribution >= 4 is 17.0 Å². The molecule has 1 aromatic rings. The molecule has 0 spiro atoms. The fraction of sp³-hybridized carbons (Fsp3) is 0.462. The van der Waals surface area contributed by atoms with E-state index in [0.717, 1.165) is 5.56 Å². The Morgan fingerprint density at radius 2 is 1.81 bits per heavy atom. The highest BCUT2D eigenvalue weighted by Crippen LogP contribution is 2.26. The third-order valence-electron chi connectivity index (χ3n) is 1.97. The van der Waals surface area contributed by atoms with Gasteiger partial charge in [0.1, 0.15) is 0 Å². The molecule has 2 nitrogen and oxygen atoms in total. The average Bonchev–Trinajstić information content (AvgIpc) is 2.16. The maximum Gasteiger partial charge on any atom is 0.282 e. The minimum absolute atomic E-state index is 0.0258. The SMILES string of the molecule is CN(Cc1ccccc1)C(=O)SC(C)(C)C. The molecule has 0 aliphatic rings. The molecule has 16 heavy (non-hydrogen) atoms. The first-order valence-corrected chi connectivity index (χ1v) is 6.18. The summed E-state index contributed by atoms with van der Waals surface area (Å²) in [6, 6.07) is 10.0. The summed E-state index contributed by atoms with van der Waals surface area (Å²) in [5.41, 5.74) is 1.16. The minimum Gasteiger partial charge on any atom is -0.332 e. The second-order valence-electron chi connectivity index (χ2n) is 4.82. The first-order chi connectivity index (χ1) is 7.38. The second kappa shape index (κ2) is 5.39. The van der Waals surface area contributed by atoms with Gasteiger partial charge in [-0.1, -0.05) is 62.9 Å². The van der Waals surface area contributed by atoms with Gasteiger partial charge in [0, 0.05) is 18.3 Å². The van der Waals surface area contributed by atoms with Crippen molar-refractivity contribution in [3.05, 3.63) is 35.9 Å². The van der Waals surface area contributed by atoms with Crippen LogP contribution in [0.5, 0.6) is 0 Å². The lowest BCUT2D eigenvalue weighted by Crippen LogP contribution is -2.26. The van der Waals surface area contributed by atoms with Crippen molar-refractivity contribution in [3.63, 3.8) is 0 Å². The van der Waals surface area contributed by atoms with Gasteiger partial charge in [-0.2, -0.15) is 0 Å². The molecule has 0 N–H and O–H groups in total. The van der Waals surface area contributed by atoms with Gasteiger partial charge >= 0.3 is 0 Å². The lowest BCUT2D eigenvalue weighted by molar-refractivity contribution is 0.231. The van der Waals surface area contributed by atoms with Gasteiger partial charge in [-0.15, -0.1) is 0 Å². The molecule has 0 heterocycles. The zero-order valence-electron chi connectivity index (χ0n) is 10.4. The molecular weight excluding hydrogens is 218 g/mol. The van der Waals surface area contributed by atoms with E-state index in [2.05, 4.69) is 0 Å². The quantitative estimate of drug-likeness (QED) is 0.780. The zero-order chi connectivity index (χ0) is 12.2. The van der Waals surface area contributed by atoms with Crippen molar-refractivity contribution in [2.24, 2.45) is 0 Å². The van der Waals surface area contributed by atoms with Crippen LogP contribution < -0.4 is 0 Å². The molecule has 0 bridgehead atoms. The lowest BCUT2D eigenvalue weighted by atomic mass is 10.2. The molecule has 0 aliphatic heterocycles. The number of carbonyl (C=O) groups excluding carboxylic acids is 1. The molecule has 1 rings (SSSR count). The molecule has 1 aromatic carbocycles. The number of thioether (sulfide) groups is 1. The summed E-state index contributed by atoms with van der Waals surface area (Å²) in [4.78, 5) is 13.6. The van der Waals surface area contributed by atoms with Gasteiger partial charge in [0.15, 0.2) is 0 Å². The molecule has 0 fully saturated rings. The standard InChI is InChI=1S/C13H19NOS/c1-13(2,3)16-12(15)14(4)10-11-8-6-5-7-9-11/h5-9H,10H2,1-4H3. The monoisotopic (exact) mass is 237 g/mol. The Hall–Kier alpha value is -0.960. The van der Waals surface area contributed by atoms with Crippen molar-refractivity contribution in [2.75, 3.05) is 7.05 Å². The van der Waals surface area contributed by atoms with Gasteiger partial charge in [-0.25, -0.2) is 0 Å². The van der Waals surface area contributed by atoms with Gasteiger partial charge in [0.05, 0.1) is 0 Å². The van der Waals surface area contributed by atoms with Crippen molar-refractivity contribution in [1.29, 1.82) is 0 Å². The number of benzene rings is 1. The van der Waals surface area contributed by atoms with Crippen molar-refractivity contribution in [2.45, 2.75) is 32.1 Å². The Labute approximate surface area is 102 Å². The first kappa shape index (κ1) is 13.1. The molecule has 3 heteroatoms. The Morgan fingerprint density at radius 1 is 1.25 bits per heavy atom.